The summed E-state index contributed by atoms with van der Waals surface area (Å²) in [6, 6.07) is 14.7. The Labute approximate surface area is 187 Å². The summed E-state index contributed by atoms with van der Waals surface area (Å²) in [5.74, 6) is 1.67. The van der Waals surface area contributed by atoms with Crippen LogP contribution in [-0.4, -0.2) is 23.2 Å². The molecule has 3 aromatic rings. The molecule has 1 heterocycles. The van der Waals surface area contributed by atoms with Crippen LogP contribution in [0, 0.1) is 20.6 Å². The van der Waals surface area contributed by atoms with Crippen LogP contribution < -0.4 is 14.9 Å². The molecule has 0 spiro atoms. The minimum absolute atomic E-state index is 0.0786. The molecule has 0 bridgehead atoms. The van der Waals surface area contributed by atoms with Gasteiger partial charge in [0.1, 0.15) is 18.6 Å². The predicted octanol–water partition coefficient (Wildman–Crippen LogP) is 4.94. The fraction of sp³-hybridized carbons (Fsp3) is 0.143. The Bertz CT molecular complexity index is 1070. The molecule has 0 saturated carbocycles. The van der Waals surface area contributed by atoms with E-state index in [9.17, 15) is 10.1 Å². The third-order valence-electron chi connectivity index (χ3n) is 4.07. The van der Waals surface area contributed by atoms with Gasteiger partial charge in [-0.2, -0.15) is 5.10 Å². The predicted molar refractivity (Wildman–Crippen MR) is 123 cm³/mol. The van der Waals surface area contributed by atoms with Crippen molar-refractivity contribution in [1.82, 2.24) is 4.98 Å². The number of nitro groups is 1. The van der Waals surface area contributed by atoms with Gasteiger partial charge in [-0.05, 0) is 58.8 Å². The summed E-state index contributed by atoms with van der Waals surface area (Å²) in [7, 11) is 1.59. The average Bonchev–Trinajstić information content (AvgIpc) is 2.73. The van der Waals surface area contributed by atoms with Crippen LogP contribution in [0.5, 0.6) is 11.5 Å². The Hall–Kier alpha value is -3.21. The number of halogens is 1. The second kappa shape index (κ2) is 10.0. The van der Waals surface area contributed by atoms with Crippen molar-refractivity contribution < 1.29 is 14.4 Å². The molecule has 0 fully saturated rings. The SMILES string of the molecule is COc1cc(/C=N/Nc2ccc([N+](=O)[O-])cn2)cc(I)c1OCc1cccc(C)c1. The van der Waals surface area contributed by atoms with Crippen LogP contribution in [0.15, 0.2) is 59.8 Å². The zero-order valence-electron chi connectivity index (χ0n) is 16.3. The fourth-order valence-corrected chi connectivity index (χ4v) is 3.43. The third-order valence-corrected chi connectivity index (χ3v) is 4.87. The number of nitrogens with zero attached hydrogens (tertiary/aromatic N) is 3. The van der Waals surface area contributed by atoms with Crippen LogP contribution in [-0.2, 0) is 6.61 Å². The van der Waals surface area contributed by atoms with E-state index in [1.807, 2.05) is 37.3 Å². The molecule has 0 unspecified atom stereocenters. The van der Waals surface area contributed by atoms with Gasteiger partial charge in [-0.1, -0.05) is 29.8 Å². The highest BCUT2D eigenvalue weighted by atomic mass is 127. The van der Waals surface area contributed by atoms with Crippen LogP contribution in [0.25, 0.3) is 0 Å². The normalized spacial score (nSPS) is 10.8. The van der Waals surface area contributed by atoms with Gasteiger partial charge in [0.25, 0.3) is 5.69 Å². The van der Waals surface area contributed by atoms with Gasteiger partial charge in [0.05, 0.1) is 21.8 Å². The smallest absolute Gasteiger partial charge is 0.287 e. The van der Waals surface area contributed by atoms with Gasteiger partial charge in [-0.3, -0.25) is 15.5 Å². The summed E-state index contributed by atoms with van der Waals surface area (Å²) in [6.45, 7) is 2.48. The second-order valence-corrected chi connectivity index (χ2v) is 7.50. The Morgan fingerprint density at radius 1 is 1.27 bits per heavy atom. The maximum atomic E-state index is 10.7. The number of nitrogens with one attached hydrogen (secondary N) is 1. The van der Waals surface area contributed by atoms with Crippen LogP contribution in [0.3, 0.4) is 0 Å². The number of benzene rings is 2. The van der Waals surface area contributed by atoms with Gasteiger partial charge in [0, 0.05) is 6.07 Å². The van der Waals surface area contributed by atoms with Crippen LogP contribution in [0.2, 0.25) is 0 Å². The largest absolute Gasteiger partial charge is 0.493 e. The molecule has 0 radical (unpaired) electrons. The molecule has 0 saturated heterocycles. The molecule has 0 aliphatic carbocycles. The molecule has 3 rings (SSSR count). The van der Waals surface area contributed by atoms with Gasteiger partial charge < -0.3 is 9.47 Å². The van der Waals surface area contributed by atoms with Crippen molar-refractivity contribution in [2.24, 2.45) is 5.10 Å². The summed E-state index contributed by atoms with van der Waals surface area (Å²) in [6.07, 6.45) is 2.78. The fourth-order valence-electron chi connectivity index (χ4n) is 2.64. The maximum absolute atomic E-state index is 10.7. The van der Waals surface area contributed by atoms with E-state index < -0.39 is 4.92 Å². The second-order valence-electron chi connectivity index (χ2n) is 6.34. The van der Waals surface area contributed by atoms with Crippen molar-refractivity contribution in [3.8, 4) is 11.5 Å². The van der Waals surface area contributed by atoms with Crippen molar-refractivity contribution in [2.75, 3.05) is 12.5 Å². The molecule has 0 aliphatic rings. The van der Waals surface area contributed by atoms with Crippen LogP contribution in [0.4, 0.5) is 11.5 Å². The number of anilines is 1. The van der Waals surface area contributed by atoms with Crippen molar-refractivity contribution >= 4 is 40.3 Å². The summed E-state index contributed by atoms with van der Waals surface area (Å²) >= 11 is 2.19. The summed E-state index contributed by atoms with van der Waals surface area (Å²) < 4.78 is 12.4. The highest BCUT2D eigenvalue weighted by molar-refractivity contribution is 14.1. The number of hydrogen-bond donors (Lipinski definition) is 1. The van der Waals surface area contributed by atoms with Gasteiger partial charge in [0.2, 0.25) is 0 Å². The average molecular weight is 518 g/mol. The van der Waals surface area contributed by atoms with E-state index in [1.54, 1.807) is 13.3 Å². The minimum Gasteiger partial charge on any atom is -0.493 e. The molecular weight excluding hydrogens is 499 g/mol. The Morgan fingerprint density at radius 3 is 2.77 bits per heavy atom. The lowest BCUT2D eigenvalue weighted by molar-refractivity contribution is -0.385. The zero-order valence-corrected chi connectivity index (χ0v) is 18.5. The zero-order chi connectivity index (χ0) is 21.5. The molecule has 0 aliphatic heterocycles. The molecule has 9 heteroatoms. The lowest BCUT2D eigenvalue weighted by Gasteiger charge is -2.14. The molecule has 1 N–H and O–H groups in total. The first-order valence-corrected chi connectivity index (χ1v) is 9.99. The quantitative estimate of drug-likeness (QED) is 0.197. The Kier molecular flexibility index (Phi) is 7.17. The van der Waals surface area contributed by atoms with E-state index in [0.717, 1.165) is 14.7 Å². The first kappa shape index (κ1) is 21.5. The Balaban J connectivity index is 1.69. The number of rotatable bonds is 8. The summed E-state index contributed by atoms with van der Waals surface area (Å²) in [5, 5.41) is 14.8. The molecule has 0 amide bonds. The van der Waals surface area contributed by atoms with E-state index in [0.29, 0.717) is 23.9 Å². The first-order valence-electron chi connectivity index (χ1n) is 8.91. The number of ether oxygens (including phenoxy) is 2. The van der Waals surface area contributed by atoms with E-state index in [-0.39, 0.29) is 5.69 Å². The van der Waals surface area contributed by atoms with Gasteiger partial charge >= 0.3 is 0 Å². The first-order chi connectivity index (χ1) is 14.5. The Morgan fingerprint density at radius 2 is 2.10 bits per heavy atom. The van der Waals surface area contributed by atoms with E-state index in [4.69, 9.17) is 9.47 Å². The van der Waals surface area contributed by atoms with Crippen molar-refractivity contribution in [1.29, 1.82) is 0 Å². The van der Waals surface area contributed by atoms with E-state index in [2.05, 4.69) is 44.2 Å². The third kappa shape index (κ3) is 5.66. The number of aromatic nitrogens is 1. The van der Waals surface area contributed by atoms with E-state index >= 15 is 0 Å². The van der Waals surface area contributed by atoms with Crippen molar-refractivity contribution in [2.45, 2.75) is 13.5 Å². The van der Waals surface area contributed by atoms with Crippen molar-refractivity contribution in [3.05, 3.63) is 85.1 Å². The molecule has 1 aromatic heterocycles. The monoisotopic (exact) mass is 518 g/mol. The molecule has 0 atom stereocenters. The lowest BCUT2D eigenvalue weighted by Crippen LogP contribution is -2.01. The highest BCUT2D eigenvalue weighted by Gasteiger charge is 2.12. The highest BCUT2D eigenvalue weighted by Crippen LogP contribution is 2.34. The maximum Gasteiger partial charge on any atom is 0.287 e. The number of methoxy groups -OCH3 is 1. The van der Waals surface area contributed by atoms with Crippen molar-refractivity contribution in [3.63, 3.8) is 0 Å². The number of hydrogen-bond acceptors (Lipinski definition) is 7. The summed E-state index contributed by atoms with van der Waals surface area (Å²) in [4.78, 5) is 14.1. The van der Waals surface area contributed by atoms with Crippen LogP contribution >= 0.6 is 22.6 Å². The minimum atomic E-state index is -0.503. The molecule has 154 valence electrons. The standard InChI is InChI=1S/C21H19IN4O4/c1-14-4-3-5-15(8-14)13-30-21-18(22)9-16(10-19(21)29-2)11-24-25-20-7-6-17(12-23-20)26(27)28/h3-12H,13H2,1-2H3,(H,23,25)/b24-11+. The lowest BCUT2D eigenvalue weighted by atomic mass is 10.1. The van der Waals surface area contributed by atoms with Gasteiger partial charge in [-0.25, -0.2) is 4.98 Å². The molecule has 2 aromatic carbocycles. The summed E-state index contributed by atoms with van der Waals surface area (Å²) in [5.41, 5.74) is 5.73. The van der Waals surface area contributed by atoms with Crippen LogP contribution in [0.1, 0.15) is 16.7 Å². The van der Waals surface area contributed by atoms with Gasteiger partial charge in [-0.15, -0.1) is 0 Å². The molecular formula is C21H19IN4O4. The number of hydrazone groups is 1. The molecule has 30 heavy (non-hydrogen) atoms. The number of aryl methyl sites for hydroxylation is 1. The number of pyridine rings is 1. The topological polar surface area (TPSA) is 98.9 Å². The van der Waals surface area contributed by atoms with Gasteiger partial charge in [0.15, 0.2) is 11.5 Å². The molecule has 8 nitrogen and oxygen atoms in total. The van der Waals surface area contributed by atoms with E-state index in [1.165, 1.54) is 23.9 Å².